The molecule has 0 atom stereocenters. The minimum atomic E-state index is 0. The van der Waals surface area contributed by atoms with Gasteiger partial charge in [0.25, 0.3) is 0 Å². The molecule has 0 aliphatic rings. The van der Waals surface area contributed by atoms with Crippen LogP contribution in [0.3, 0.4) is 0 Å². The summed E-state index contributed by atoms with van der Waals surface area (Å²) in [6, 6.07) is 15.7. The first kappa shape index (κ1) is 19.7. The van der Waals surface area contributed by atoms with Gasteiger partial charge in [0, 0.05) is 6.54 Å². The molecule has 1 N–H and O–H groups in total. The Hall–Kier alpha value is -2.64. The Morgan fingerprint density at radius 3 is 2.62 bits per heavy atom. The number of tetrazole rings is 1. The fraction of sp³-hybridized carbons (Fsp3) is 0.278. The monoisotopic (exact) mass is 375 g/mol. The minimum absolute atomic E-state index is 0. The van der Waals surface area contributed by atoms with Crippen LogP contribution < -0.4 is 14.8 Å². The van der Waals surface area contributed by atoms with Crippen molar-refractivity contribution in [2.24, 2.45) is 0 Å². The second-order valence-electron chi connectivity index (χ2n) is 5.47. The molecule has 0 unspecified atom stereocenters. The molecule has 3 rings (SSSR count). The highest BCUT2D eigenvalue weighted by Gasteiger charge is 2.14. The summed E-state index contributed by atoms with van der Waals surface area (Å²) < 4.78 is 12.9. The van der Waals surface area contributed by atoms with Crippen LogP contribution >= 0.6 is 12.4 Å². The van der Waals surface area contributed by atoms with Gasteiger partial charge in [0.2, 0.25) is 0 Å². The quantitative estimate of drug-likeness (QED) is 0.608. The highest BCUT2D eigenvalue weighted by Crippen LogP contribution is 2.32. The average Bonchev–Trinajstić information content (AvgIpc) is 3.12. The number of benzene rings is 2. The summed E-state index contributed by atoms with van der Waals surface area (Å²) in [5.74, 6) is 1.20. The molecule has 26 heavy (non-hydrogen) atoms. The summed E-state index contributed by atoms with van der Waals surface area (Å²) in [6.07, 6.45) is 1.10. The molecule has 3 aromatic rings. The van der Waals surface area contributed by atoms with Crippen molar-refractivity contribution in [2.75, 3.05) is 13.7 Å². The van der Waals surface area contributed by atoms with Crippen LogP contribution in [0.5, 0.6) is 17.5 Å². The van der Waals surface area contributed by atoms with E-state index in [2.05, 4.69) is 27.8 Å². The average molecular weight is 376 g/mol. The van der Waals surface area contributed by atoms with E-state index in [0.29, 0.717) is 11.5 Å². The lowest BCUT2D eigenvalue weighted by molar-refractivity contribution is 0.362. The zero-order valence-corrected chi connectivity index (χ0v) is 15.6. The Labute approximate surface area is 158 Å². The standard InChI is InChI=1S/C18H21N5O2.ClH/c1-3-11-19-13-14-9-10-16(17(12-14)24-2)25-18-20-21-22-23(18)15-7-5-4-6-8-15;/h4-10,12,19H,3,11,13H2,1-2H3;1H. The number of para-hydroxylation sites is 1. The number of nitrogens with zero attached hydrogens (tertiary/aromatic N) is 4. The van der Waals surface area contributed by atoms with Crippen molar-refractivity contribution < 1.29 is 9.47 Å². The summed E-state index contributed by atoms with van der Waals surface area (Å²) in [5, 5.41) is 15.0. The summed E-state index contributed by atoms with van der Waals surface area (Å²) in [7, 11) is 1.62. The highest BCUT2D eigenvalue weighted by molar-refractivity contribution is 5.85. The molecule has 2 aromatic carbocycles. The molecule has 7 nitrogen and oxygen atoms in total. The van der Waals surface area contributed by atoms with Gasteiger partial charge in [-0.1, -0.05) is 36.3 Å². The molecular formula is C18H22ClN5O2. The summed E-state index contributed by atoms with van der Waals surface area (Å²) in [4.78, 5) is 0. The first-order valence-electron chi connectivity index (χ1n) is 8.21. The van der Waals surface area contributed by atoms with Crippen LogP contribution in [0, 0.1) is 0 Å². The maximum absolute atomic E-state index is 5.89. The Bertz CT molecular complexity index is 810. The Kier molecular flexibility index (Phi) is 7.37. The van der Waals surface area contributed by atoms with E-state index in [0.717, 1.165) is 30.8 Å². The molecule has 0 amide bonds. The summed E-state index contributed by atoms with van der Waals surface area (Å²) in [6.45, 7) is 3.90. The number of halogens is 1. The molecule has 1 heterocycles. The third kappa shape index (κ3) is 4.71. The molecule has 0 spiro atoms. The van der Waals surface area contributed by atoms with Gasteiger partial charge in [-0.25, -0.2) is 0 Å². The van der Waals surface area contributed by atoms with Gasteiger partial charge >= 0.3 is 6.01 Å². The summed E-state index contributed by atoms with van der Waals surface area (Å²) >= 11 is 0. The predicted octanol–water partition coefficient (Wildman–Crippen LogP) is 3.38. The van der Waals surface area contributed by atoms with E-state index >= 15 is 0 Å². The van der Waals surface area contributed by atoms with E-state index in [-0.39, 0.29) is 18.4 Å². The highest BCUT2D eigenvalue weighted by atomic mass is 35.5. The van der Waals surface area contributed by atoms with Crippen molar-refractivity contribution in [1.82, 2.24) is 25.5 Å². The third-order valence-corrected chi connectivity index (χ3v) is 3.63. The normalized spacial score (nSPS) is 10.2. The molecule has 8 heteroatoms. The van der Waals surface area contributed by atoms with Crippen LogP contribution in [0.15, 0.2) is 48.5 Å². The molecule has 138 valence electrons. The smallest absolute Gasteiger partial charge is 0.346 e. The lowest BCUT2D eigenvalue weighted by Gasteiger charge is -2.12. The van der Waals surface area contributed by atoms with Crippen LogP contribution in [0.2, 0.25) is 0 Å². The Morgan fingerprint density at radius 1 is 1.08 bits per heavy atom. The predicted molar refractivity (Wildman–Crippen MR) is 101 cm³/mol. The van der Waals surface area contributed by atoms with Crippen LogP contribution in [0.1, 0.15) is 18.9 Å². The number of aromatic nitrogens is 4. The molecule has 0 saturated carbocycles. The molecule has 0 radical (unpaired) electrons. The van der Waals surface area contributed by atoms with Crippen molar-refractivity contribution in [3.63, 3.8) is 0 Å². The van der Waals surface area contributed by atoms with Crippen LogP contribution in [-0.2, 0) is 6.54 Å². The summed E-state index contributed by atoms with van der Waals surface area (Å²) in [5.41, 5.74) is 1.95. The zero-order chi connectivity index (χ0) is 17.5. The number of ether oxygens (including phenoxy) is 2. The van der Waals surface area contributed by atoms with E-state index in [1.54, 1.807) is 7.11 Å². The molecule has 1 aromatic heterocycles. The van der Waals surface area contributed by atoms with Gasteiger partial charge < -0.3 is 14.8 Å². The zero-order valence-electron chi connectivity index (χ0n) is 14.8. The molecule has 0 bridgehead atoms. The third-order valence-electron chi connectivity index (χ3n) is 3.63. The van der Waals surface area contributed by atoms with Crippen molar-refractivity contribution in [2.45, 2.75) is 19.9 Å². The van der Waals surface area contributed by atoms with E-state index in [9.17, 15) is 0 Å². The maximum Gasteiger partial charge on any atom is 0.346 e. The first-order chi connectivity index (χ1) is 12.3. The van der Waals surface area contributed by atoms with Crippen molar-refractivity contribution in [1.29, 1.82) is 0 Å². The van der Waals surface area contributed by atoms with E-state index < -0.39 is 0 Å². The fourth-order valence-electron chi connectivity index (χ4n) is 2.39. The number of methoxy groups -OCH3 is 1. The first-order valence-corrected chi connectivity index (χ1v) is 8.21. The largest absolute Gasteiger partial charge is 0.493 e. The number of hydrogen-bond donors (Lipinski definition) is 1. The van der Waals surface area contributed by atoms with Gasteiger partial charge in [-0.05, 0) is 53.2 Å². The van der Waals surface area contributed by atoms with Crippen molar-refractivity contribution >= 4 is 12.4 Å². The Morgan fingerprint density at radius 2 is 1.88 bits per heavy atom. The lowest BCUT2D eigenvalue weighted by atomic mass is 10.2. The van der Waals surface area contributed by atoms with Gasteiger partial charge in [0.05, 0.1) is 12.8 Å². The van der Waals surface area contributed by atoms with Crippen LogP contribution in [-0.4, -0.2) is 33.9 Å². The fourth-order valence-corrected chi connectivity index (χ4v) is 2.39. The van der Waals surface area contributed by atoms with E-state index in [4.69, 9.17) is 9.47 Å². The minimum Gasteiger partial charge on any atom is -0.493 e. The van der Waals surface area contributed by atoms with Gasteiger partial charge in [0.15, 0.2) is 11.5 Å². The van der Waals surface area contributed by atoms with Gasteiger partial charge in [-0.2, -0.15) is 4.68 Å². The van der Waals surface area contributed by atoms with E-state index in [1.807, 2.05) is 48.5 Å². The van der Waals surface area contributed by atoms with Gasteiger partial charge in [-0.3, -0.25) is 0 Å². The Balaban J connectivity index is 0.00000243. The molecule has 0 fully saturated rings. The lowest BCUT2D eigenvalue weighted by Crippen LogP contribution is -2.13. The number of nitrogens with one attached hydrogen (secondary N) is 1. The topological polar surface area (TPSA) is 74.1 Å². The number of rotatable bonds is 8. The maximum atomic E-state index is 5.89. The molecular weight excluding hydrogens is 354 g/mol. The second kappa shape index (κ2) is 9.74. The SMILES string of the molecule is CCCNCc1ccc(Oc2nnnn2-c2ccccc2)c(OC)c1.Cl. The van der Waals surface area contributed by atoms with E-state index in [1.165, 1.54) is 4.68 Å². The molecule has 0 saturated heterocycles. The second-order valence-corrected chi connectivity index (χ2v) is 5.47. The van der Waals surface area contributed by atoms with Crippen molar-refractivity contribution in [3.05, 3.63) is 54.1 Å². The number of hydrogen-bond acceptors (Lipinski definition) is 6. The molecule has 0 aliphatic carbocycles. The van der Waals surface area contributed by atoms with Gasteiger partial charge in [-0.15, -0.1) is 12.4 Å². The van der Waals surface area contributed by atoms with Gasteiger partial charge in [0.1, 0.15) is 0 Å². The van der Waals surface area contributed by atoms with Crippen molar-refractivity contribution in [3.8, 4) is 23.2 Å². The molecule has 0 aliphatic heterocycles. The van der Waals surface area contributed by atoms with Crippen LogP contribution in [0.25, 0.3) is 5.69 Å². The van der Waals surface area contributed by atoms with Crippen LogP contribution in [0.4, 0.5) is 0 Å².